The van der Waals surface area contributed by atoms with Gasteiger partial charge < -0.3 is 15.0 Å². The molecule has 1 aliphatic rings. The van der Waals surface area contributed by atoms with Crippen LogP contribution in [-0.4, -0.2) is 57.9 Å². The lowest BCUT2D eigenvalue weighted by Crippen LogP contribution is -2.43. The van der Waals surface area contributed by atoms with Gasteiger partial charge in [-0.05, 0) is 44.0 Å². The summed E-state index contributed by atoms with van der Waals surface area (Å²) in [6.45, 7) is 3.48. The summed E-state index contributed by atoms with van der Waals surface area (Å²) < 4.78 is 6.92. The fourth-order valence-corrected chi connectivity index (χ4v) is 3.16. The minimum Gasteiger partial charge on any atom is -0.497 e. The van der Waals surface area contributed by atoms with E-state index in [9.17, 15) is 4.79 Å². The highest BCUT2D eigenvalue weighted by atomic mass is 16.5. The number of benzene rings is 1. The van der Waals surface area contributed by atoms with Crippen LogP contribution in [0.1, 0.15) is 19.8 Å². The number of nitrogens with zero attached hydrogens (tertiary/aromatic N) is 5. The summed E-state index contributed by atoms with van der Waals surface area (Å²) >= 11 is 0. The predicted octanol–water partition coefficient (Wildman–Crippen LogP) is 1.45. The molecule has 142 valence electrons. The molecule has 0 aliphatic carbocycles. The van der Waals surface area contributed by atoms with Crippen LogP contribution < -0.4 is 10.1 Å². The smallest absolute Gasteiger partial charge is 0.237 e. The Morgan fingerprint density at radius 1 is 1.44 bits per heavy atom. The van der Waals surface area contributed by atoms with Crippen molar-refractivity contribution in [3.05, 3.63) is 30.6 Å². The van der Waals surface area contributed by atoms with Gasteiger partial charge in [-0.3, -0.25) is 9.48 Å². The van der Waals surface area contributed by atoms with E-state index in [1.54, 1.807) is 23.0 Å². The van der Waals surface area contributed by atoms with E-state index in [2.05, 4.69) is 21.5 Å². The zero-order chi connectivity index (χ0) is 19.2. The SMILES string of the molecule is COc1ccc(-c2ncn(C[C@H](C)NCC(=O)N3CCC[C@H]3C#N)n2)cc1. The average Bonchev–Trinajstić information content (AvgIpc) is 3.35. The monoisotopic (exact) mass is 368 g/mol. The average molecular weight is 368 g/mol. The fourth-order valence-electron chi connectivity index (χ4n) is 3.16. The second-order valence-electron chi connectivity index (χ2n) is 6.67. The van der Waals surface area contributed by atoms with E-state index in [4.69, 9.17) is 10.00 Å². The highest BCUT2D eigenvalue weighted by Crippen LogP contribution is 2.19. The third kappa shape index (κ3) is 4.63. The molecule has 8 nitrogen and oxygen atoms in total. The molecule has 0 saturated carbocycles. The summed E-state index contributed by atoms with van der Waals surface area (Å²) in [5, 5.41) is 16.8. The molecule has 2 heterocycles. The van der Waals surface area contributed by atoms with Crippen molar-refractivity contribution in [3.8, 4) is 23.2 Å². The van der Waals surface area contributed by atoms with Gasteiger partial charge in [-0.1, -0.05) is 0 Å². The van der Waals surface area contributed by atoms with Gasteiger partial charge in [-0.25, -0.2) is 4.98 Å². The van der Waals surface area contributed by atoms with Crippen LogP contribution in [0.2, 0.25) is 0 Å². The maximum Gasteiger partial charge on any atom is 0.237 e. The van der Waals surface area contributed by atoms with E-state index in [0.717, 1.165) is 24.2 Å². The Morgan fingerprint density at radius 3 is 2.93 bits per heavy atom. The number of nitrogens with one attached hydrogen (secondary N) is 1. The van der Waals surface area contributed by atoms with Crippen LogP contribution in [0.15, 0.2) is 30.6 Å². The second-order valence-corrected chi connectivity index (χ2v) is 6.67. The minimum atomic E-state index is -0.281. The molecule has 0 radical (unpaired) electrons. The van der Waals surface area contributed by atoms with Crippen LogP contribution >= 0.6 is 0 Å². The number of carbonyl (C=O) groups is 1. The molecule has 2 aromatic rings. The van der Waals surface area contributed by atoms with Crippen LogP contribution in [-0.2, 0) is 11.3 Å². The van der Waals surface area contributed by atoms with Gasteiger partial charge in [0.15, 0.2) is 5.82 Å². The Bertz CT molecular complexity index is 810. The summed E-state index contributed by atoms with van der Waals surface area (Å²) in [5.41, 5.74) is 0.918. The number of amides is 1. The number of likely N-dealkylation sites (tertiary alicyclic amines) is 1. The quantitative estimate of drug-likeness (QED) is 0.795. The number of aromatic nitrogens is 3. The van der Waals surface area contributed by atoms with Crippen molar-refractivity contribution in [2.24, 2.45) is 0 Å². The van der Waals surface area contributed by atoms with E-state index in [0.29, 0.717) is 18.9 Å². The summed E-state index contributed by atoms with van der Waals surface area (Å²) in [5.74, 6) is 1.41. The lowest BCUT2D eigenvalue weighted by atomic mass is 10.2. The van der Waals surface area contributed by atoms with Gasteiger partial charge in [-0.2, -0.15) is 10.4 Å². The Labute approximate surface area is 158 Å². The van der Waals surface area contributed by atoms with Crippen LogP contribution in [0, 0.1) is 11.3 Å². The fraction of sp³-hybridized carbons (Fsp3) is 0.474. The molecule has 0 unspecified atom stereocenters. The van der Waals surface area contributed by atoms with Crippen molar-refractivity contribution in [2.45, 2.75) is 38.4 Å². The maximum absolute atomic E-state index is 12.3. The van der Waals surface area contributed by atoms with Gasteiger partial charge in [0, 0.05) is 18.2 Å². The first-order valence-corrected chi connectivity index (χ1v) is 9.07. The molecule has 1 aliphatic heterocycles. The summed E-state index contributed by atoms with van der Waals surface area (Å²) in [7, 11) is 1.63. The van der Waals surface area contributed by atoms with Gasteiger partial charge in [0.05, 0.1) is 26.3 Å². The molecule has 1 fully saturated rings. The van der Waals surface area contributed by atoms with Gasteiger partial charge in [0.1, 0.15) is 18.1 Å². The van der Waals surface area contributed by atoms with Gasteiger partial charge in [0.25, 0.3) is 0 Å². The van der Waals surface area contributed by atoms with Gasteiger partial charge in [0.2, 0.25) is 5.91 Å². The number of hydrogen-bond donors (Lipinski definition) is 1. The third-order valence-corrected chi connectivity index (χ3v) is 4.67. The highest BCUT2D eigenvalue weighted by Gasteiger charge is 2.28. The number of rotatable bonds is 7. The molecular weight excluding hydrogens is 344 g/mol. The molecule has 1 saturated heterocycles. The van der Waals surface area contributed by atoms with E-state index >= 15 is 0 Å². The van der Waals surface area contributed by atoms with Crippen LogP contribution in [0.25, 0.3) is 11.4 Å². The van der Waals surface area contributed by atoms with Crippen molar-refractivity contribution in [1.29, 1.82) is 5.26 Å². The Balaban J connectivity index is 1.51. The summed E-state index contributed by atoms with van der Waals surface area (Å²) in [6.07, 6.45) is 3.35. The first-order valence-electron chi connectivity index (χ1n) is 9.07. The first kappa shape index (κ1) is 18.9. The molecule has 2 atom stereocenters. The van der Waals surface area contributed by atoms with E-state index in [1.165, 1.54) is 0 Å². The minimum absolute atomic E-state index is 0.0246. The summed E-state index contributed by atoms with van der Waals surface area (Å²) in [4.78, 5) is 18.3. The number of nitriles is 1. The number of ether oxygens (including phenoxy) is 1. The zero-order valence-corrected chi connectivity index (χ0v) is 15.6. The Hall–Kier alpha value is -2.92. The van der Waals surface area contributed by atoms with E-state index in [1.807, 2.05) is 31.2 Å². The second kappa shape index (κ2) is 8.64. The van der Waals surface area contributed by atoms with Gasteiger partial charge in [-0.15, -0.1) is 0 Å². The Kier molecular flexibility index (Phi) is 6.04. The topological polar surface area (TPSA) is 96.1 Å². The number of methoxy groups -OCH3 is 1. The Morgan fingerprint density at radius 2 is 2.22 bits per heavy atom. The largest absolute Gasteiger partial charge is 0.497 e. The van der Waals surface area contributed by atoms with Crippen LogP contribution in [0.5, 0.6) is 5.75 Å². The van der Waals surface area contributed by atoms with E-state index in [-0.39, 0.29) is 24.5 Å². The normalized spacial score (nSPS) is 17.5. The molecular formula is C19H24N6O2. The molecule has 0 bridgehead atoms. The molecule has 8 heteroatoms. The van der Waals surface area contributed by atoms with E-state index < -0.39 is 0 Å². The molecule has 1 amide bonds. The molecule has 0 spiro atoms. The van der Waals surface area contributed by atoms with Crippen LogP contribution in [0.4, 0.5) is 0 Å². The molecule has 1 N–H and O–H groups in total. The third-order valence-electron chi connectivity index (χ3n) is 4.67. The van der Waals surface area contributed by atoms with Crippen molar-refractivity contribution in [3.63, 3.8) is 0 Å². The lowest BCUT2D eigenvalue weighted by molar-refractivity contribution is -0.130. The van der Waals surface area contributed by atoms with Crippen LogP contribution in [0.3, 0.4) is 0 Å². The predicted molar refractivity (Wildman–Crippen MR) is 99.8 cm³/mol. The maximum atomic E-state index is 12.3. The molecule has 3 rings (SSSR count). The number of hydrogen-bond acceptors (Lipinski definition) is 6. The molecule has 27 heavy (non-hydrogen) atoms. The molecule has 1 aromatic carbocycles. The standard InChI is InChI=1S/C19H24N6O2/c1-14(21-11-18(26)25-9-3-4-16(25)10-20)12-24-13-22-19(23-24)15-5-7-17(27-2)8-6-15/h5-8,13-14,16,21H,3-4,9,11-12H2,1-2H3/t14-,16-/m0/s1. The number of carbonyl (C=O) groups excluding carboxylic acids is 1. The highest BCUT2D eigenvalue weighted by molar-refractivity contribution is 5.79. The summed E-state index contributed by atoms with van der Waals surface area (Å²) in [6, 6.07) is 9.54. The van der Waals surface area contributed by atoms with Crippen molar-refractivity contribution < 1.29 is 9.53 Å². The molecule has 1 aromatic heterocycles. The van der Waals surface area contributed by atoms with Crippen molar-refractivity contribution in [2.75, 3.05) is 20.2 Å². The zero-order valence-electron chi connectivity index (χ0n) is 15.6. The van der Waals surface area contributed by atoms with Crippen molar-refractivity contribution in [1.82, 2.24) is 25.0 Å². The van der Waals surface area contributed by atoms with Gasteiger partial charge >= 0.3 is 0 Å². The first-order chi connectivity index (χ1) is 13.1. The lowest BCUT2D eigenvalue weighted by Gasteiger charge is -2.21. The van der Waals surface area contributed by atoms with Crippen molar-refractivity contribution >= 4 is 5.91 Å².